The van der Waals surface area contributed by atoms with Crippen molar-refractivity contribution in [3.05, 3.63) is 59.7 Å². The third-order valence-corrected chi connectivity index (χ3v) is 5.84. The van der Waals surface area contributed by atoms with Crippen LogP contribution < -0.4 is 10.1 Å². The molecule has 6 heteroatoms. The van der Waals surface area contributed by atoms with Crippen molar-refractivity contribution in [3.63, 3.8) is 0 Å². The van der Waals surface area contributed by atoms with E-state index in [4.69, 9.17) is 4.74 Å². The summed E-state index contributed by atoms with van der Waals surface area (Å²) in [7, 11) is 0. The van der Waals surface area contributed by atoms with Crippen LogP contribution in [0.15, 0.2) is 48.5 Å². The van der Waals surface area contributed by atoms with Crippen LogP contribution in [0.4, 0.5) is 5.69 Å². The molecule has 0 spiro atoms. The van der Waals surface area contributed by atoms with Gasteiger partial charge in [-0.15, -0.1) is 0 Å². The predicted octanol–water partition coefficient (Wildman–Crippen LogP) is 3.24. The number of fused-ring (bicyclic) bond motifs is 1. The second-order valence-electron chi connectivity index (χ2n) is 8.35. The maximum absolute atomic E-state index is 12.7. The van der Waals surface area contributed by atoms with Crippen LogP contribution >= 0.6 is 0 Å². The van der Waals surface area contributed by atoms with Crippen LogP contribution in [0.1, 0.15) is 37.3 Å². The van der Waals surface area contributed by atoms with Gasteiger partial charge in [0.2, 0.25) is 5.91 Å². The average Bonchev–Trinajstić information content (AvgIpc) is 2.75. The Hall–Kier alpha value is -2.86. The molecule has 2 aromatic rings. The van der Waals surface area contributed by atoms with Crippen molar-refractivity contribution in [3.8, 4) is 5.75 Å². The zero-order chi connectivity index (χ0) is 21.1. The molecule has 158 valence electrons. The molecule has 6 nitrogen and oxygen atoms in total. The van der Waals surface area contributed by atoms with E-state index in [1.54, 1.807) is 12.1 Å². The van der Waals surface area contributed by atoms with Crippen molar-refractivity contribution in [2.75, 3.05) is 31.5 Å². The summed E-state index contributed by atoms with van der Waals surface area (Å²) in [6.07, 6.45) is -0.707. The fraction of sp³-hybridized carbons (Fsp3) is 0.417. The molecule has 0 bridgehead atoms. The Kier molecular flexibility index (Phi) is 6.04. The minimum absolute atomic E-state index is 0.0320. The quantitative estimate of drug-likeness (QED) is 0.827. The number of hydrogen-bond acceptors (Lipinski definition) is 4. The number of carbonyl (C=O) groups is 2. The van der Waals surface area contributed by atoms with Crippen molar-refractivity contribution in [2.24, 2.45) is 0 Å². The number of amides is 2. The maximum atomic E-state index is 12.7. The van der Waals surface area contributed by atoms with Crippen LogP contribution in [0.25, 0.3) is 0 Å². The maximum Gasteiger partial charge on any atom is 0.266 e. The number of rotatable bonds is 5. The number of ether oxygens (including phenoxy) is 1. The van der Waals surface area contributed by atoms with Gasteiger partial charge in [0, 0.05) is 32.7 Å². The van der Waals surface area contributed by atoms with Crippen molar-refractivity contribution in [2.45, 2.75) is 38.8 Å². The number of piperazine rings is 1. The second-order valence-corrected chi connectivity index (χ2v) is 8.35. The summed E-state index contributed by atoms with van der Waals surface area (Å²) in [6.45, 7) is 8.31. The summed E-state index contributed by atoms with van der Waals surface area (Å²) in [4.78, 5) is 29.2. The molecule has 1 saturated heterocycles. The molecule has 1 fully saturated rings. The predicted molar refractivity (Wildman–Crippen MR) is 116 cm³/mol. The highest BCUT2D eigenvalue weighted by molar-refractivity contribution is 5.99. The number of carbonyl (C=O) groups excluding carboxylic acids is 2. The lowest BCUT2D eigenvalue weighted by molar-refractivity contribution is -0.138. The number of nitrogens with zero attached hydrogens (tertiary/aromatic N) is 2. The molecule has 30 heavy (non-hydrogen) atoms. The largest absolute Gasteiger partial charge is 0.478 e. The van der Waals surface area contributed by atoms with Gasteiger partial charge in [-0.25, -0.2) is 0 Å². The first-order valence-electron chi connectivity index (χ1n) is 10.6. The van der Waals surface area contributed by atoms with E-state index in [0.717, 1.165) is 19.6 Å². The molecule has 4 rings (SSSR count). The van der Waals surface area contributed by atoms with Gasteiger partial charge >= 0.3 is 0 Å². The summed E-state index contributed by atoms with van der Waals surface area (Å²) < 4.78 is 5.76. The Morgan fingerprint density at radius 1 is 1.07 bits per heavy atom. The third kappa shape index (κ3) is 4.65. The Labute approximate surface area is 177 Å². The zero-order valence-electron chi connectivity index (χ0n) is 17.6. The van der Waals surface area contributed by atoms with E-state index in [9.17, 15) is 9.59 Å². The van der Waals surface area contributed by atoms with Crippen LogP contribution in [-0.4, -0.2) is 53.9 Å². The molecule has 0 aliphatic carbocycles. The number of hydrogen-bond donors (Lipinski definition) is 1. The topological polar surface area (TPSA) is 61.9 Å². The molecule has 1 atom stereocenters. The Balaban J connectivity index is 1.27. The van der Waals surface area contributed by atoms with Crippen molar-refractivity contribution in [1.82, 2.24) is 9.80 Å². The molecule has 0 saturated carbocycles. The Morgan fingerprint density at radius 2 is 1.77 bits per heavy atom. The highest BCUT2D eigenvalue weighted by atomic mass is 16.5. The summed E-state index contributed by atoms with van der Waals surface area (Å²) in [5.74, 6) is 0.863. The van der Waals surface area contributed by atoms with Gasteiger partial charge in [-0.2, -0.15) is 0 Å². The van der Waals surface area contributed by atoms with Crippen LogP contribution in [0, 0.1) is 0 Å². The second kappa shape index (κ2) is 8.88. The van der Waals surface area contributed by atoms with Gasteiger partial charge in [0.05, 0.1) is 12.1 Å². The average molecular weight is 408 g/mol. The lowest BCUT2D eigenvalue weighted by Crippen LogP contribution is -2.50. The van der Waals surface area contributed by atoms with Crippen LogP contribution in [0.2, 0.25) is 0 Å². The van der Waals surface area contributed by atoms with Crippen LogP contribution in [0.3, 0.4) is 0 Å². The number of para-hydroxylation sites is 2. The minimum Gasteiger partial charge on any atom is -0.478 e. The van der Waals surface area contributed by atoms with Gasteiger partial charge in [-0.05, 0) is 29.2 Å². The number of benzene rings is 2. The van der Waals surface area contributed by atoms with E-state index < -0.39 is 6.10 Å². The SMILES string of the molecule is CC(C)c1ccc(CN2CCN(C(=O)C[C@@H]3Oc4ccccc4NC3=O)CC2)cc1. The third-order valence-electron chi connectivity index (χ3n) is 5.84. The summed E-state index contributed by atoms with van der Waals surface area (Å²) in [6, 6.07) is 16.1. The fourth-order valence-electron chi connectivity index (χ4n) is 3.94. The molecule has 0 radical (unpaired) electrons. The first-order valence-corrected chi connectivity index (χ1v) is 10.6. The summed E-state index contributed by atoms with van der Waals surface area (Å²) >= 11 is 0. The highest BCUT2D eigenvalue weighted by Crippen LogP contribution is 2.29. The van der Waals surface area contributed by atoms with E-state index in [0.29, 0.717) is 30.4 Å². The van der Waals surface area contributed by atoms with Gasteiger partial charge in [0.15, 0.2) is 6.10 Å². The Bertz CT molecular complexity index is 902. The number of anilines is 1. The van der Waals surface area contributed by atoms with Crippen molar-refractivity contribution >= 4 is 17.5 Å². The van der Waals surface area contributed by atoms with E-state index in [2.05, 4.69) is 48.3 Å². The lowest BCUT2D eigenvalue weighted by Gasteiger charge is -2.35. The standard InChI is InChI=1S/C24H29N3O3/c1-17(2)19-9-7-18(8-10-19)16-26-11-13-27(14-12-26)23(28)15-22-24(29)25-20-5-3-4-6-21(20)30-22/h3-10,17,22H,11-16H2,1-2H3,(H,25,29)/t22-/m0/s1. The monoisotopic (exact) mass is 407 g/mol. The first-order chi connectivity index (χ1) is 14.5. The van der Waals surface area contributed by atoms with Gasteiger partial charge in [-0.3, -0.25) is 14.5 Å². The molecule has 0 unspecified atom stereocenters. The normalized spacial score (nSPS) is 19.2. The van der Waals surface area contributed by atoms with Crippen molar-refractivity contribution in [1.29, 1.82) is 0 Å². The molecule has 1 N–H and O–H groups in total. The fourth-order valence-corrected chi connectivity index (χ4v) is 3.94. The van der Waals surface area contributed by atoms with Gasteiger partial charge in [0.25, 0.3) is 5.91 Å². The summed E-state index contributed by atoms with van der Waals surface area (Å²) in [5, 5.41) is 2.82. The number of nitrogens with one attached hydrogen (secondary N) is 1. The molecule has 2 heterocycles. The van der Waals surface area contributed by atoms with Crippen molar-refractivity contribution < 1.29 is 14.3 Å². The summed E-state index contributed by atoms with van der Waals surface area (Å²) in [5.41, 5.74) is 3.30. The molecule has 2 aliphatic heterocycles. The molecule has 2 aliphatic rings. The van der Waals surface area contributed by atoms with Crippen LogP contribution in [-0.2, 0) is 16.1 Å². The van der Waals surface area contributed by atoms with Gasteiger partial charge in [-0.1, -0.05) is 50.2 Å². The van der Waals surface area contributed by atoms with E-state index in [1.165, 1.54) is 11.1 Å². The van der Waals surface area contributed by atoms with Crippen LogP contribution in [0.5, 0.6) is 5.75 Å². The minimum atomic E-state index is -0.773. The van der Waals surface area contributed by atoms with Gasteiger partial charge < -0.3 is 15.0 Å². The lowest BCUT2D eigenvalue weighted by atomic mass is 10.0. The van der Waals surface area contributed by atoms with E-state index in [-0.39, 0.29) is 18.2 Å². The molecular weight excluding hydrogens is 378 g/mol. The van der Waals surface area contributed by atoms with E-state index >= 15 is 0 Å². The molecule has 0 aromatic heterocycles. The zero-order valence-corrected chi connectivity index (χ0v) is 17.6. The van der Waals surface area contributed by atoms with E-state index in [1.807, 2.05) is 17.0 Å². The molecular formula is C24H29N3O3. The smallest absolute Gasteiger partial charge is 0.266 e. The van der Waals surface area contributed by atoms with Gasteiger partial charge in [0.1, 0.15) is 5.75 Å². The Morgan fingerprint density at radius 3 is 2.47 bits per heavy atom. The molecule has 2 aromatic carbocycles. The molecule has 2 amide bonds. The highest BCUT2D eigenvalue weighted by Gasteiger charge is 2.32. The first kappa shape index (κ1) is 20.4.